The van der Waals surface area contributed by atoms with E-state index in [4.69, 9.17) is 16.3 Å². The molecule has 0 saturated heterocycles. The van der Waals surface area contributed by atoms with Crippen LogP contribution in [0.5, 0.6) is 5.75 Å². The average molecular weight is 414 g/mol. The largest absolute Gasteiger partial charge is 0.496 e. The number of anilines is 2. The molecule has 2 N–H and O–H groups in total. The smallest absolute Gasteiger partial charge is 0.259 e. The lowest BCUT2D eigenvalue weighted by molar-refractivity contribution is -0.111. The standard InChI is InChI=1S/C20H16ClN3O3S/c1-27-17-8-7-14(21)12-13(17)6-9-18(25)23-16-5-3-2-4-15(16)19(26)24-20-22-10-11-28-20/h2-12H,1H3,(H,23,25)(H,22,24,26)/b9-6+. The zero-order valence-electron chi connectivity index (χ0n) is 14.8. The Labute approximate surface area is 170 Å². The maximum atomic E-state index is 12.5. The van der Waals surface area contributed by atoms with Gasteiger partial charge in [0.1, 0.15) is 5.75 Å². The van der Waals surface area contributed by atoms with E-state index in [-0.39, 0.29) is 5.91 Å². The minimum atomic E-state index is -0.392. The highest BCUT2D eigenvalue weighted by Crippen LogP contribution is 2.24. The van der Waals surface area contributed by atoms with Crippen LogP contribution in [0.3, 0.4) is 0 Å². The first-order valence-electron chi connectivity index (χ1n) is 8.19. The number of thiazole rings is 1. The van der Waals surface area contributed by atoms with Crippen molar-refractivity contribution in [2.45, 2.75) is 0 Å². The maximum absolute atomic E-state index is 12.5. The summed E-state index contributed by atoms with van der Waals surface area (Å²) in [7, 11) is 1.54. The molecule has 8 heteroatoms. The second-order valence-electron chi connectivity index (χ2n) is 5.55. The van der Waals surface area contributed by atoms with E-state index in [1.165, 1.54) is 24.5 Å². The van der Waals surface area contributed by atoms with Crippen LogP contribution in [-0.2, 0) is 4.79 Å². The molecule has 0 unspecified atom stereocenters. The summed E-state index contributed by atoms with van der Waals surface area (Å²) < 4.78 is 5.25. The molecule has 0 atom stereocenters. The maximum Gasteiger partial charge on any atom is 0.259 e. The highest BCUT2D eigenvalue weighted by Gasteiger charge is 2.13. The molecule has 1 heterocycles. The van der Waals surface area contributed by atoms with Crippen molar-refractivity contribution in [3.63, 3.8) is 0 Å². The van der Waals surface area contributed by atoms with Crippen molar-refractivity contribution in [2.24, 2.45) is 0 Å². The van der Waals surface area contributed by atoms with Crippen molar-refractivity contribution in [1.29, 1.82) is 0 Å². The molecule has 0 saturated carbocycles. The minimum Gasteiger partial charge on any atom is -0.496 e. The summed E-state index contributed by atoms with van der Waals surface area (Å²) in [5, 5.41) is 8.19. The number of para-hydroxylation sites is 1. The molecule has 2 aromatic carbocycles. The third-order valence-electron chi connectivity index (χ3n) is 3.69. The van der Waals surface area contributed by atoms with Gasteiger partial charge in [-0.25, -0.2) is 4.98 Å². The van der Waals surface area contributed by atoms with Gasteiger partial charge >= 0.3 is 0 Å². The zero-order chi connectivity index (χ0) is 19.9. The van der Waals surface area contributed by atoms with Crippen molar-refractivity contribution in [3.8, 4) is 5.75 Å². The average Bonchev–Trinajstić information content (AvgIpc) is 3.20. The SMILES string of the molecule is COc1ccc(Cl)cc1/C=C/C(=O)Nc1ccccc1C(=O)Nc1nccs1. The number of benzene rings is 2. The third kappa shape index (κ3) is 4.97. The van der Waals surface area contributed by atoms with Gasteiger partial charge in [0.25, 0.3) is 5.91 Å². The summed E-state index contributed by atoms with van der Waals surface area (Å²) in [6.07, 6.45) is 4.55. The van der Waals surface area contributed by atoms with Crippen LogP contribution in [0.2, 0.25) is 5.02 Å². The number of nitrogens with zero attached hydrogens (tertiary/aromatic N) is 1. The molecule has 1 aromatic heterocycles. The monoisotopic (exact) mass is 413 g/mol. The highest BCUT2D eigenvalue weighted by molar-refractivity contribution is 7.13. The van der Waals surface area contributed by atoms with Crippen LogP contribution >= 0.6 is 22.9 Å². The second kappa shape index (κ2) is 9.16. The molecular formula is C20H16ClN3O3S. The molecular weight excluding hydrogens is 398 g/mol. The molecule has 0 aliphatic carbocycles. The van der Waals surface area contributed by atoms with Crippen LogP contribution < -0.4 is 15.4 Å². The van der Waals surface area contributed by atoms with Gasteiger partial charge in [-0.15, -0.1) is 11.3 Å². The molecule has 142 valence electrons. The first-order chi connectivity index (χ1) is 13.6. The molecule has 0 radical (unpaired) electrons. The van der Waals surface area contributed by atoms with Crippen LogP contribution in [0.4, 0.5) is 10.8 Å². The Kier molecular flexibility index (Phi) is 6.41. The summed E-state index contributed by atoms with van der Waals surface area (Å²) in [6, 6.07) is 11.9. The van der Waals surface area contributed by atoms with Crippen LogP contribution in [-0.4, -0.2) is 23.9 Å². The minimum absolute atomic E-state index is 0.333. The van der Waals surface area contributed by atoms with Gasteiger partial charge in [0.05, 0.1) is 18.4 Å². The van der Waals surface area contributed by atoms with Crippen LogP contribution in [0.25, 0.3) is 6.08 Å². The lowest BCUT2D eigenvalue weighted by Crippen LogP contribution is -2.16. The molecule has 3 rings (SSSR count). The molecule has 0 aliphatic rings. The van der Waals surface area contributed by atoms with Crippen LogP contribution in [0.1, 0.15) is 15.9 Å². The summed E-state index contributed by atoms with van der Waals surface area (Å²) >= 11 is 7.31. The summed E-state index contributed by atoms with van der Waals surface area (Å²) in [5.74, 6) is -0.153. The van der Waals surface area contributed by atoms with Gasteiger partial charge in [-0.2, -0.15) is 0 Å². The van der Waals surface area contributed by atoms with Gasteiger partial charge in [0, 0.05) is 28.2 Å². The van der Waals surface area contributed by atoms with E-state index in [0.717, 1.165) is 0 Å². The molecule has 2 amide bonds. The van der Waals surface area contributed by atoms with Gasteiger partial charge in [0.2, 0.25) is 5.91 Å². The number of carbonyl (C=O) groups excluding carboxylic acids is 2. The fourth-order valence-corrected chi connectivity index (χ4v) is 3.12. The quantitative estimate of drug-likeness (QED) is 0.573. The van der Waals surface area contributed by atoms with E-state index < -0.39 is 5.91 Å². The predicted octanol–water partition coefficient (Wildman–Crippen LogP) is 4.71. The van der Waals surface area contributed by atoms with E-state index >= 15 is 0 Å². The second-order valence-corrected chi connectivity index (χ2v) is 6.88. The lowest BCUT2D eigenvalue weighted by atomic mass is 10.1. The topological polar surface area (TPSA) is 80.3 Å². The number of halogens is 1. The Hall–Kier alpha value is -3.16. The van der Waals surface area contributed by atoms with Crippen molar-refractivity contribution in [3.05, 3.63) is 76.3 Å². The molecule has 0 bridgehead atoms. The van der Waals surface area contributed by atoms with Gasteiger partial charge in [-0.1, -0.05) is 23.7 Å². The Morgan fingerprint density at radius 3 is 2.75 bits per heavy atom. The number of amides is 2. The van der Waals surface area contributed by atoms with E-state index in [0.29, 0.717) is 32.7 Å². The van der Waals surface area contributed by atoms with Gasteiger partial charge < -0.3 is 10.1 Å². The van der Waals surface area contributed by atoms with E-state index in [2.05, 4.69) is 15.6 Å². The molecule has 0 aliphatic heterocycles. The van der Waals surface area contributed by atoms with Crippen LogP contribution in [0.15, 0.2) is 60.1 Å². The fraction of sp³-hybridized carbons (Fsp3) is 0.0500. The predicted molar refractivity (Wildman–Crippen MR) is 112 cm³/mol. The summed E-state index contributed by atoms with van der Waals surface area (Å²) in [6.45, 7) is 0. The Bertz CT molecular complexity index is 1020. The van der Waals surface area contributed by atoms with Gasteiger partial charge in [-0.3, -0.25) is 14.9 Å². The van der Waals surface area contributed by atoms with E-state index in [1.54, 1.807) is 60.1 Å². The Balaban J connectivity index is 1.74. The molecule has 28 heavy (non-hydrogen) atoms. The van der Waals surface area contributed by atoms with Crippen LogP contribution in [0, 0.1) is 0 Å². The normalized spacial score (nSPS) is 10.6. The van der Waals surface area contributed by atoms with Crippen molar-refractivity contribution in [1.82, 2.24) is 4.98 Å². The van der Waals surface area contributed by atoms with Crippen molar-refractivity contribution >= 4 is 51.6 Å². The lowest BCUT2D eigenvalue weighted by Gasteiger charge is -2.09. The summed E-state index contributed by atoms with van der Waals surface area (Å²) in [5.41, 5.74) is 1.39. The zero-order valence-corrected chi connectivity index (χ0v) is 16.4. The van der Waals surface area contributed by atoms with Gasteiger partial charge in [-0.05, 0) is 36.4 Å². The number of carbonyl (C=O) groups is 2. The number of hydrogen-bond acceptors (Lipinski definition) is 5. The number of nitrogens with one attached hydrogen (secondary N) is 2. The molecule has 3 aromatic rings. The van der Waals surface area contributed by atoms with Crippen molar-refractivity contribution < 1.29 is 14.3 Å². The number of rotatable bonds is 6. The van der Waals surface area contributed by atoms with E-state index in [1.807, 2.05) is 0 Å². The molecule has 6 nitrogen and oxygen atoms in total. The number of methoxy groups -OCH3 is 1. The molecule has 0 spiro atoms. The molecule has 0 fully saturated rings. The first-order valence-corrected chi connectivity index (χ1v) is 9.45. The number of ether oxygens (including phenoxy) is 1. The number of aromatic nitrogens is 1. The van der Waals surface area contributed by atoms with Gasteiger partial charge in [0.15, 0.2) is 5.13 Å². The highest BCUT2D eigenvalue weighted by atomic mass is 35.5. The summed E-state index contributed by atoms with van der Waals surface area (Å²) in [4.78, 5) is 28.8. The van der Waals surface area contributed by atoms with E-state index in [9.17, 15) is 9.59 Å². The number of hydrogen-bond donors (Lipinski definition) is 2. The third-order valence-corrected chi connectivity index (χ3v) is 4.61. The Morgan fingerprint density at radius 2 is 2.00 bits per heavy atom. The fourth-order valence-electron chi connectivity index (χ4n) is 2.42. The Morgan fingerprint density at radius 1 is 1.18 bits per heavy atom. The first kappa shape index (κ1) is 19.6. The van der Waals surface area contributed by atoms with Crippen molar-refractivity contribution in [2.75, 3.05) is 17.7 Å².